The zero-order valence-electron chi connectivity index (χ0n) is 23.3. The molecule has 5 aromatic rings. The van der Waals surface area contributed by atoms with E-state index in [1.807, 2.05) is 135 Å². The number of hydrogen-bond acceptors (Lipinski definition) is 3. The molecule has 3 nitrogen and oxygen atoms in total. The van der Waals surface area contributed by atoms with Crippen molar-refractivity contribution >= 4 is 51.0 Å². The lowest BCUT2D eigenvalue weighted by Crippen LogP contribution is -2.48. The van der Waals surface area contributed by atoms with E-state index in [1.165, 1.54) is 0 Å². The van der Waals surface area contributed by atoms with Crippen LogP contribution < -0.4 is 15.9 Å². The number of rotatable bonds is 3. The summed E-state index contributed by atoms with van der Waals surface area (Å²) in [6, 6.07) is 41.0. The highest BCUT2D eigenvalue weighted by molar-refractivity contribution is 7.98. The fraction of sp³-hybridized carbons (Fsp3) is 0.0526. The van der Waals surface area contributed by atoms with Crippen molar-refractivity contribution in [3.63, 3.8) is 0 Å². The second kappa shape index (κ2) is 9.91. The minimum atomic E-state index is -2.84. The molecule has 2 aliphatic carbocycles. The van der Waals surface area contributed by atoms with Gasteiger partial charge in [-0.3, -0.25) is 14.4 Å². The summed E-state index contributed by atoms with van der Waals surface area (Å²) in [4.78, 5) is 43.0. The Labute approximate surface area is 245 Å². The Morgan fingerprint density at radius 3 is 1.29 bits per heavy atom. The molecule has 0 saturated heterocycles. The van der Waals surface area contributed by atoms with Crippen molar-refractivity contribution < 1.29 is 14.4 Å². The molecule has 0 heterocycles. The van der Waals surface area contributed by atoms with Gasteiger partial charge in [-0.05, 0) is 65.0 Å². The smallest absolute Gasteiger partial charge is 0.202 e. The van der Waals surface area contributed by atoms with Crippen molar-refractivity contribution in [2.75, 3.05) is 0 Å². The molecule has 0 spiro atoms. The normalized spacial score (nSPS) is 14.4. The predicted molar refractivity (Wildman–Crippen MR) is 172 cm³/mol. The van der Waals surface area contributed by atoms with E-state index >= 15 is 0 Å². The topological polar surface area (TPSA) is 51.2 Å². The van der Waals surface area contributed by atoms with Gasteiger partial charge in [-0.15, -0.1) is 0 Å². The molecular formula is C38H27O3P. The van der Waals surface area contributed by atoms with Crippen LogP contribution in [0, 0.1) is 13.8 Å². The Balaban J connectivity index is 1.61. The van der Waals surface area contributed by atoms with Crippen molar-refractivity contribution in [1.29, 1.82) is 0 Å². The predicted octanol–water partition coefficient (Wildman–Crippen LogP) is 5.97. The monoisotopic (exact) mass is 562 g/mol. The van der Waals surface area contributed by atoms with Crippen molar-refractivity contribution in [1.82, 2.24) is 0 Å². The molecular weight excluding hydrogens is 535 g/mol. The van der Waals surface area contributed by atoms with E-state index < -0.39 is 6.89 Å². The fourth-order valence-corrected chi connectivity index (χ4v) is 10.7. The first kappa shape index (κ1) is 26.1. The lowest BCUT2D eigenvalue weighted by atomic mass is 9.73. The third-order valence-electron chi connectivity index (χ3n) is 8.49. The Kier molecular flexibility index (Phi) is 6.15. The summed E-state index contributed by atoms with van der Waals surface area (Å²) < 4.78 is 0. The van der Waals surface area contributed by atoms with Crippen LogP contribution in [0.15, 0.2) is 133 Å². The second-order valence-corrected chi connectivity index (χ2v) is 14.1. The van der Waals surface area contributed by atoms with Gasteiger partial charge in [-0.25, -0.2) is 0 Å². The van der Waals surface area contributed by atoms with Gasteiger partial charge in [0.2, 0.25) is 11.6 Å². The zero-order valence-corrected chi connectivity index (χ0v) is 24.2. The molecule has 0 N–H and O–H groups in total. The van der Waals surface area contributed by atoms with E-state index in [1.54, 1.807) is 6.07 Å². The van der Waals surface area contributed by atoms with E-state index in [-0.39, 0.29) is 22.9 Å². The first-order valence-corrected chi connectivity index (χ1v) is 15.8. The molecule has 0 aromatic heterocycles. The summed E-state index contributed by atoms with van der Waals surface area (Å²) in [5.41, 5.74) is 5.06. The largest absolute Gasteiger partial charge is 0.289 e. The highest BCUT2D eigenvalue weighted by Crippen LogP contribution is 2.51. The van der Waals surface area contributed by atoms with E-state index in [0.29, 0.717) is 33.1 Å². The second-order valence-electron chi connectivity index (χ2n) is 10.8. The summed E-state index contributed by atoms with van der Waals surface area (Å²) >= 11 is 0. The number of Topliss-reactive ketones (excluding diaryl/α,β-unsaturated/α-hetero) is 2. The molecule has 2 aliphatic rings. The van der Waals surface area contributed by atoms with Gasteiger partial charge in [0.05, 0.1) is 10.9 Å². The van der Waals surface area contributed by atoms with Crippen LogP contribution in [0.5, 0.6) is 0 Å². The molecule has 0 amide bonds. The number of carbonyl (C=O) groups excluding carboxylic acids is 3. The number of hydrogen-bond donors (Lipinski definition) is 0. The Morgan fingerprint density at radius 2 is 0.810 bits per heavy atom. The van der Waals surface area contributed by atoms with Gasteiger partial charge in [-0.2, -0.15) is 0 Å². The molecule has 5 aromatic carbocycles. The van der Waals surface area contributed by atoms with Crippen LogP contribution in [0.3, 0.4) is 0 Å². The molecule has 1 fully saturated rings. The summed E-state index contributed by atoms with van der Waals surface area (Å²) in [6.45, 7) is 1.12. The van der Waals surface area contributed by atoms with Gasteiger partial charge in [0.1, 0.15) is 0 Å². The van der Waals surface area contributed by atoms with E-state index in [0.717, 1.165) is 27.0 Å². The number of allylic oxidation sites excluding steroid dienone is 1. The molecule has 1 saturated carbocycles. The molecule has 42 heavy (non-hydrogen) atoms. The maximum atomic E-state index is 14.7. The van der Waals surface area contributed by atoms with Crippen LogP contribution in [0.25, 0.3) is 5.57 Å². The lowest BCUT2D eigenvalue weighted by molar-refractivity contribution is -0.119. The highest BCUT2D eigenvalue weighted by atomic mass is 31.2. The van der Waals surface area contributed by atoms with Gasteiger partial charge in [0.15, 0.2) is 5.78 Å². The van der Waals surface area contributed by atoms with Crippen LogP contribution in [0.2, 0.25) is 0 Å². The van der Waals surface area contributed by atoms with Crippen LogP contribution in [0.1, 0.15) is 38.2 Å². The maximum Gasteiger partial charge on any atom is 0.202 e. The fourth-order valence-electron chi connectivity index (χ4n) is 6.37. The quantitative estimate of drug-likeness (QED) is 0.152. The van der Waals surface area contributed by atoms with E-state index in [9.17, 15) is 14.4 Å². The molecule has 0 bridgehead atoms. The van der Waals surface area contributed by atoms with Gasteiger partial charge in [0.25, 0.3) is 0 Å². The minimum Gasteiger partial charge on any atom is -0.289 e. The molecule has 0 radical (unpaired) electrons. The zero-order chi connectivity index (χ0) is 29.0. The highest BCUT2D eigenvalue weighted by Gasteiger charge is 2.49. The first-order chi connectivity index (χ1) is 20.4. The number of fused-ring (bicyclic) bond motifs is 2. The summed E-state index contributed by atoms with van der Waals surface area (Å²) in [7, 11) is 0. The molecule has 0 unspecified atom stereocenters. The molecule has 4 heteroatoms. The van der Waals surface area contributed by atoms with Crippen LogP contribution in [-0.4, -0.2) is 22.6 Å². The van der Waals surface area contributed by atoms with Crippen LogP contribution in [-0.2, 0) is 9.59 Å². The van der Waals surface area contributed by atoms with Gasteiger partial charge in [0, 0.05) is 16.7 Å². The first-order valence-electron chi connectivity index (χ1n) is 14.0. The third-order valence-corrected chi connectivity index (χ3v) is 12.8. The summed E-state index contributed by atoms with van der Waals surface area (Å²) in [6.07, 6.45) is 0. The van der Waals surface area contributed by atoms with Crippen molar-refractivity contribution in [2.24, 2.45) is 0 Å². The van der Waals surface area contributed by atoms with Crippen LogP contribution in [0.4, 0.5) is 0 Å². The SMILES string of the molecule is Cc1cc2c(cc1C)C(=C1C(=O)C(=P(c3ccccc3)(c3ccccc3)c3ccccc3)C1=O)c1ccccc1C2=O. The van der Waals surface area contributed by atoms with Gasteiger partial charge >= 0.3 is 0 Å². The Hall–Kier alpha value is -4.85. The number of carbonyl (C=O) groups is 3. The van der Waals surface area contributed by atoms with Crippen LogP contribution >= 0.6 is 6.89 Å². The number of aryl methyl sites for hydroxylation is 2. The standard InChI is InChI=1S/C38H27O3P/c1-24-22-31-32(23-25(24)2)35(39)30-21-13-12-20-29(30)33(31)34-36(40)38(37(34)41)42(26-14-6-3-7-15-26,27-16-8-4-9-17-27)28-18-10-5-11-19-28/h3-23H,1-2H3. The number of benzene rings is 5. The third kappa shape index (κ3) is 3.64. The maximum absolute atomic E-state index is 14.7. The minimum absolute atomic E-state index is 0.0869. The molecule has 7 rings (SSSR count). The van der Waals surface area contributed by atoms with Gasteiger partial charge < -0.3 is 0 Å². The Bertz CT molecular complexity index is 1910. The van der Waals surface area contributed by atoms with Crippen molar-refractivity contribution in [3.8, 4) is 0 Å². The Morgan fingerprint density at radius 1 is 0.405 bits per heavy atom. The van der Waals surface area contributed by atoms with Gasteiger partial charge in [-0.1, -0.05) is 121 Å². The summed E-state index contributed by atoms with van der Waals surface area (Å²) in [5.74, 6) is -0.572. The summed E-state index contributed by atoms with van der Waals surface area (Å²) in [5, 5.41) is 3.19. The van der Waals surface area contributed by atoms with Crippen molar-refractivity contribution in [3.05, 3.63) is 166 Å². The molecule has 0 atom stereocenters. The molecule has 202 valence electrons. The average molecular weight is 563 g/mol. The average Bonchev–Trinajstić information content (AvgIpc) is 3.04. The lowest BCUT2D eigenvalue weighted by Gasteiger charge is -2.37. The van der Waals surface area contributed by atoms with Crippen molar-refractivity contribution in [2.45, 2.75) is 13.8 Å². The number of ketones is 3. The van der Waals surface area contributed by atoms with E-state index in [2.05, 4.69) is 0 Å². The molecule has 0 aliphatic heterocycles. The van der Waals surface area contributed by atoms with E-state index in [4.69, 9.17) is 0 Å².